The fourth-order valence-corrected chi connectivity index (χ4v) is 6.06. The minimum absolute atomic E-state index is 0.0219. The lowest BCUT2D eigenvalue weighted by atomic mass is 9.87. The van der Waals surface area contributed by atoms with Crippen LogP contribution in [0, 0.1) is 5.92 Å². The summed E-state index contributed by atoms with van der Waals surface area (Å²) in [5.74, 6) is 1.71. The Morgan fingerprint density at radius 1 is 1.29 bits per heavy atom. The maximum absolute atomic E-state index is 13.1. The first kappa shape index (κ1) is 23.5. The summed E-state index contributed by atoms with van der Waals surface area (Å²) in [6.45, 7) is 1.77. The summed E-state index contributed by atoms with van der Waals surface area (Å²) >= 11 is 1.68. The van der Waals surface area contributed by atoms with Crippen LogP contribution in [0.4, 0.5) is 11.5 Å². The molecule has 184 valence electrons. The van der Waals surface area contributed by atoms with Crippen molar-refractivity contribution < 1.29 is 9.53 Å². The van der Waals surface area contributed by atoms with Crippen molar-refractivity contribution >= 4 is 44.5 Å². The van der Waals surface area contributed by atoms with Crippen molar-refractivity contribution in [3.05, 3.63) is 41.3 Å². The number of aryl methyl sites for hydroxylation is 1. The zero-order valence-corrected chi connectivity index (χ0v) is 21.4. The molecule has 1 amide bonds. The van der Waals surface area contributed by atoms with Gasteiger partial charge in [-0.1, -0.05) is 0 Å². The highest BCUT2D eigenvalue weighted by Crippen LogP contribution is 2.41. The number of nitrogens with one attached hydrogen (secondary N) is 1. The number of carbonyl (C=O) groups excluding carboxylic acids is 1. The van der Waals surface area contributed by atoms with Crippen molar-refractivity contribution in [2.45, 2.75) is 25.7 Å². The van der Waals surface area contributed by atoms with E-state index in [1.807, 2.05) is 30.3 Å². The molecule has 0 saturated carbocycles. The molecule has 35 heavy (non-hydrogen) atoms. The van der Waals surface area contributed by atoms with Gasteiger partial charge in [-0.3, -0.25) is 4.79 Å². The number of carbonyl (C=O) groups is 1. The topological polar surface area (TPSA) is 87.9 Å². The number of hydrogen-bond donors (Lipinski definition) is 1. The van der Waals surface area contributed by atoms with Crippen LogP contribution in [-0.2, 0) is 17.6 Å². The second-order valence-corrected chi connectivity index (χ2v) is 10.4. The van der Waals surface area contributed by atoms with Gasteiger partial charge in [-0.2, -0.15) is 5.10 Å². The van der Waals surface area contributed by atoms with Crippen molar-refractivity contribution in [2.24, 2.45) is 5.92 Å². The number of methoxy groups -OCH3 is 1. The maximum atomic E-state index is 13.1. The van der Waals surface area contributed by atoms with E-state index in [0.717, 1.165) is 66.0 Å². The summed E-state index contributed by atoms with van der Waals surface area (Å²) < 4.78 is 7.37. The van der Waals surface area contributed by atoms with E-state index in [0.29, 0.717) is 5.75 Å². The molecule has 1 aliphatic rings. The number of amides is 1. The van der Waals surface area contributed by atoms with E-state index >= 15 is 0 Å². The van der Waals surface area contributed by atoms with Crippen LogP contribution in [0.3, 0.4) is 0 Å². The highest BCUT2D eigenvalue weighted by Gasteiger charge is 2.30. The Morgan fingerprint density at radius 3 is 2.94 bits per heavy atom. The molecule has 0 aromatic carbocycles. The Morgan fingerprint density at radius 2 is 2.14 bits per heavy atom. The third-order valence-corrected chi connectivity index (χ3v) is 7.80. The van der Waals surface area contributed by atoms with Gasteiger partial charge in [0.25, 0.3) is 0 Å². The van der Waals surface area contributed by atoms with E-state index in [4.69, 9.17) is 4.74 Å². The third kappa shape index (κ3) is 4.68. The first-order valence-corrected chi connectivity index (χ1v) is 12.7. The van der Waals surface area contributed by atoms with Crippen LogP contribution >= 0.6 is 11.3 Å². The van der Waals surface area contributed by atoms with Crippen LogP contribution in [0.2, 0.25) is 0 Å². The van der Waals surface area contributed by atoms with Gasteiger partial charge in [0.05, 0.1) is 29.9 Å². The molecule has 9 nitrogen and oxygen atoms in total. The molecule has 1 atom stereocenters. The van der Waals surface area contributed by atoms with Gasteiger partial charge >= 0.3 is 0 Å². The molecule has 0 spiro atoms. The molecule has 1 aliphatic carbocycles. The summed E-state index contributed by atoms with van der Waals surface area (Å²) in [6.07, 6.45) is 8.64. The van der Waals surface area contributed by atoms with Crippen LogP contribution in [-0.4, -0.2) is 76.6 Å². The van der Waals surface area contributed by atoms with Crippen molar-refractivity contribution in [2.75, 3.05) is 46.7 Å². The van der Waals surface area contributed by atoms with Gasteiger partial charge in [0.15, 0.2) is 5.75 Å². The van der Waals surface area contributed by atoms with Crippen molar-refractivity contribution in [1.82, 2.24) is 29.4 Å². The molecule has 5 rings (SSSR count). The predicted octanol–water partition coefficient (Wildman–Crippen LogP) is 3.61. The quantitative estimate of drug-likeness (QED) is 0.401. The predicted molar refractivity (Wildman–Crippen MR) is 139 cm³/mol. The minimum atomic E-state index is 0.0219. The smallest absolute Gasteiger partial charge is 0.225 e. The SMILES string of the molecule is COc1cn2nccc2cc1Nc1ncnc2sc3c(c12)CCC(C(=O)N(C)CCCN(C)C)C3. The Bertz CT molecular complexity index is 1360. The third-order valence-electron chi connectivity index (χ3n) is 6.64. The molecule has 0 radical (unpaired) electrons. The zero-order valence-electron chi connectivity index (χ0n) is 20.6. The number of hydrogen-bond acceptors (Lipinski definition) is 8. The largest absolute Gasteiger partial charge is 0.493 e. The van der Waals surface area contributed by atoms with Gasteiger partial charge in [-0.05, 0) is 64.0 Å². The highest BCUT2D eigenvalue weighted by atomic mass is 32.1. The van der Waals surface area contributed by atoms with Crippen molar-refractivity contribution in [3.8, 4) is 5.75 Å². The number of ether oxygens (including phenoxy) is 1. The molecule has 0 saturated heterocycles. The molecular formula is C25H31N7O2S. The Labute approximate surface area is 208 Å². The van der Waals surface area contributed by atoms with Crippen LogP contribution in [0.25, 0.3) is 15.7 Å². The van der Waals surface area contributed by atoms with Gasteiger partial charge in [0, 0.05) is 30.6 Å². The molecule has 0 fully saturated rings. The monoisotopic (exact) mass is 493 g/mol. The summed E-state index contributed by atoms with van der Waals surface area (Å²) in [7, 11) is 7.69. The average molecular weight is 494 g/mol. The molecule has 1 unspecified atom stereocenters. The first-order chi connectivity index (χ1) is 16.9. The van der Waals surface area contributed by atoms with E-state index in [-0.39, 0.29) is 11.8 Å². The molecule has 1 N–H and O–H groups in total. The number of pyridine rings is 1. The lowest BCUT2D eigenvalue weighted by molar-refractivity contribution is -0.134. The van der Waals surface area contributed by atoms with E-state index in [1.54, 1.807) is 35.5 Å². The minimum Gasteiger partial charge on any atom is -0.493 e. The summed E-state index contributed by atoms with van der Waals surface area (Å²) in [6, 6.07) is 3.95. The van der Waals surface area contributed by atoms with Gasteiger partial charge in [0.1, 0.15) is 17.0 Å². The Kier molecular flexibility index (Phi) is 6.57. The molecule has 4 aromatic rings. The summed E-state index contributed by atoms with van der Waals surface area (Å²) in [5.41, 5.74) is 3.04. The molecule has 0 bridgehead atoms. The fraction of sp³-hybridized carbons (Fsp3) is 0.440. The molecular weight excluding hydrogens is 462 g/mol. The van der Waals surface area contributed by atoms with Crippen LogP contribution in [0.1, 0.15) is 23.3 Å². The molecule has 4 heterocycles. The van der Waals surface area contributed by atoms with Gasteiger partial charge in [-0.25, -0.2) is 14.5 Å². The second kappa shape index (κ2) is 9.79. The maximum Gasteiger partial charge on any atom is 0.225 e. The van der Waals surface area contributed by atoms with E-state index < -0.39 is 0 Å². The number of aromatic nitrogens is 4. The van der Waals surface area contributed by atoms with Gasteiger partial charge in [-0.15, -0.1) is 11.3 Å². The van der Waals surface area contributed by atoms with Crippen LogP contribution in [0.5, 0.6) is 5.75 Å². The fourth-order valence-electron chi connectivity index (χ4n) is 4.80. The standard InChI is InChI=1S/C25H31N7O2S/c1-30(2)10-5-11-31(3)25(33)16-6-7-18-21(12-16)35-24-22(18)23(26-15-27-24)29-19-13-17-8-9-28-32(17)14-20(19)34-4/h8-9,13-16H,5-7,10-12H2,1-4H3,(H,26,27,29). The van der Waals surface area contributed by atoms with Crippen LogP contribution in [0.15, 0.2) is 30.9 Å². The number of anilines is 2. The highest BCUT2D eigenvalue weighted by molar-refractivity contribution is 7.19. The van der Waals surface area contributed by atoms with Crippen molar-refractivity contribution in [1.29, 1.82) is 0 Å². The summed E-state index contributed by atoms with van der Waals surface area (Å²) in [5, 5.41) is 8.81. The Hall–Kier alpha value is -3.24. The Balaban J connectivity index is 1.39. The van der Waals surface area contributed by atoms with E-state index in [2.05, 4.69) is 39.4 Å². The van der Waals surface area contributed by atoms with Gasteiger partial charge < -0.3 is 19.9 Å². The first-order valence-electron chi connectivity index (χ1n) is 11.9. The molecule has 4 aromatic heterocycles. The number of nitrogens with zero attached hydrogens (tertiary/aromatic N) is 6. The number of fused-ring (bicyclic) bond motifs is 4. The van der Waals surface area contributed by atoms with Crippen LogP contribution < -0.4 is 10.1 Å². The lowest BCUT2D eigenvalue weighted by Gasteiger charge is -2.27. The van der Waals surface area contributed by atoms with E-state index in [9.17, 15) is 4.79 Å². The average Bonchev–Trinajstić information content (AvgIpc) is 3.46. The summed E-state index contributed by atoms with van der Waals surface area (Å²) in [4.78, 5) is 28.5. The lowest BCUT2D eigenvalue weighted by Crippen LogP contribution is -2.36. The second-order valence-electron chi connectivity index (χ2n) is 9.34. The normalized spacial score (nSPS) is 15.5. The van der Waals surface area contributed by atoms with Gasteiger partial charge in [0.2, 0.25) is 5.91 Å². The number of thiophene rings is 1. The molecule has 10 heteroatoms. The zero-order chi connectivity index (χ0) is 24.5. The number of rotatable bonds is 8. The van der Waals surface area contributed by atoms with E-state index in [1.165, 1.54) is 10.4 Å². The van der Waals surface area contributed by atoms with Crippen molar-refractivity contribution in [3.63, 3.8) is 0 Å². The molecule has 0 aliphatic heterocycles.